The van der Waals surface area contributed by atoms with Crippen molar-refractivity contribution in [2.24, 2.45) is 10.7 Å². The molecule has 34 heavy (non-hydrogen) atoms. The topological polar surface area (TPSA) is 106 Å². The number of alkyl halides is 2. The third-order valence-electron chi connectivity index (χ3n) is 5.01. The summed E-state index contributed by atoms with van der Waals surface area (Å²) in [5.74, 6) is -3.81. The highest BCUT2D eigenvalue weighted by Gasteiger charge is 2.32. The predicted octanol–water partition coefficient (Wildman–Crippen LogP) is 4.00. The minimum atomic E-state index is -3.35. The molecule has 2 heterocycles. The fourth-order valence-corrected chi connectivity index (χ4v) is 3.66. The number of pyridine rings is 2. The number of nitrogens with two attached hydrogens (primary N) is 1. The van der Waals surface area contributed by atoms with Crippen LogP contribution in [0.15, 0.2) is 59.7 Å². The lowest BCUT2D eigenvalue weighted by Gasteiger charge is -2.15. The van der Waals surface area contributed by atoms with Crippen LogP contribution >= 0.6 is 23.2 Å². The summed E-state index contributed by atoms with van der Waals surface area (Å²) in [4.78, 5) is 20.0. The van der Waals surface area contributed by atoms with E-state index in [1.54, 1.807) is 18.2 Å². The van der Waals surface area contributed by atoms with Crippen molar-refractivity contribution in [3.05, 3.63) is 92.8 Å². The third kappa shape index (κ3) is 6.31. The van der Waals surface area contributed by atoms with Crippen LogP contribution in [0.5, 0.6) is 0 Å². The van der Waals surface area contributed by atoms with Gasteiger partial charge in [-0.05, 0) is 54.4 Å². The second-order valence-corrected chi connectivity index (χ2v) is 8.46. The van der Waals surface area contributed by atoms with E-state index in [0.717, 1.165) is 11.1 Å². The van der Waals surface area contributed by atoms with Crippen LogP contribution in [0.2, 0.25) is 10.0 Å². The molecule has 11 heteroatoms. The minimum Gasteiger partial charge on any atom is -0.427 e. The van der Waals surface area contributed by atoms with E-state index in [4.69, 9.17) is 28.9 Å². The summed E-state index contributed by atoms with van der Waals surface area (Å²) in [6.45, 7) is 1.02. The van der Waals surface area contributed by atoms with Gasteiger partial charge in [-0.25, -0.2) is 0 Å². The van der Waals surface area contributed by atoms with E-state index in [0.29, 0.717) is 9.75 Å². The van der Waals surface area contributed by atoms with Crippen molar-refractivity contribution in [2.75, 3.05) is 6.54 Å². The Bertz CT molecular complexity index is 1230. The number of carbonyl (C=O) groups is 1. The molecule has 0 aliphatic carbocycles. The lowest BCUT2D eigenvalue weighted by molar-refractivity contribution is -0.120. The summed E-state index contributed by atoms with van der Waals surface area (Å²) in [5.41, 5.74) is 6.92. The number of nitrogens with one attached hydrogen (secondary N) is 1. The Morgan fingerprint density at radius 3 is 2.71 bits per heavy atom. The van der Waals surface area contributed by atoms with Gasteiger partial charge in [0.05, 0.1) is 17.1 Å². The molecule has 0 spiro atoms. The highest BCUT2D eigenvalue weighted by Crippen LogP contribution is 2.26. The average molecular weight is 510 g/mol. The van der Waals surface area contributed by atoms with Crippen molar-refractivity contribution in [1.29, 1.82) is 0 Å². The molecule has 0 saturated heterocycles. The van der Waals surface area contributed by atoms with Crippen molar-refractivity contribution >= 4 is 29.1 Å². The quantitative estimate of drug-likeness (QED) is 0.399. The van der Waals surface area contributed by atoms with Gasteiger partial charge in [0.15, 0.2) is 5.49 Å². The zero-order valence-electron chi connectivity index (χ0n) is 18.2. The van der Waals surface area contributed by atoms with Gasteiger partial charge in [0, 0.05) is 23.8 Å². The Morgan fingerprint density at radius 1 is 1.26 bits per heavy atom. The predicted molar refractivity (Wildman–Crippen MR) is 125 cm³/mol. The van der Waals surface area contributed by atoms with E-state index in [9.17, 15) is 18.8 Å². The second-order valence-electron chi connectivity index (χ2n) is 7.62. The van der Waals surface area contributed by atoms with E-state index in [1.165, 1.54) is 36.5 Å². The number of halogens is 4. The molecule has 7 nitrogen and oxygen atoms in total. The first kappa shape index (κ1) is 25.6. The summed E-state index contributed by atoms with van der Waals surface area (Å²) in [6.07, 6.45) is 0.943. The van der Waals surface area contributed by atoms with Crippen molar-refractivity contribution in [3.8, 4) is 0 Å². The van der Waals surface area contributed by atoms with Crippen LogP contribution in [0.4, 0.5) is 8.78 Å². The molecule has 4 N–H and O–H groups in total. The monoisotopic (exact) mass is 509 g/mol. The zero-order chi connectivity index (χ0) is 24.9. The van der Waals surface area contributed by atoms with Crippen molar-refractivity contribution < 1.29 is 18.8 Å². The lowest BCUT2D eigenvalue weighted by Crippen LogP contribution is -2.31. The summed E-state index contributed by atoms with van der Waals surface area (Å²) < 4.78 is 29.3. The van der Waals surface area contributed by atoms with E-state index in [-0.39, 0.29) is 35.2 Å². The Morgan fingerprint density at radius 2 is 2.03 bits per heavy atom. The minimum absolute atomic E-state index is 0.0000737. The number of carbonyl (C=O) groups excluding carboxylic acids is 1. The molecule has 180 valence electrons. The number of hydrogen-bond donors (Lipinski definition) is 3. The van der Waals surface area contributed by atoms with Crippen LogP contribution < -0.4 is 16.5 Å². The van der Waals surface area contributed by atoms with Gasteiger partial charge in [-0.1, -0.05) is 35.3 Å². The van der Waals surface area contributed by atoms with Crippen LogP contribution in [-0.2, 0) is 23.7 Å². The molecule has 1 amide bonds. The van der Waals surface area contributed by atoms with Gasteiger partial charge in [-0.15, -0.1) is 0 Å². The number of amides is 1. The molecule has 0 fully saturated rings. The van der Waals surface area contributed by atoms with Gasteiger partial charge in [0.1, 0.15) is 12.2 Å². The fourth-order valence-electron chi connectivity index (χ4n) is 3.25. The van der Waals surface area contributed by atoms with E-state index in [1.807, 2.05) is 6.92 Å². The molecule has 1 aromatic carbocycles. The van der Waals surface area contributed by atoms with Crippen LogP contribution in [0.1, 0.15) is 35.5 Å². The Balaban J connectivity index is 1.76. The van der Waals surface area contributed by atoms with Crippen LogP contribution in [0.3, 0.4) is 0 Å². The smallest absolute Gasteiger partial charge is 0.308 e. The van der Waals surface area contributed by atoms with Crippen LogP contribution in [-0.4, -0.2) is 27.4 Å². The largest absolute Gasteiger partial charge is 0.427 e. The SMILES string of the molecule is C[C@H](N)c1ccc(Cl)cc1CNC(=O)Cc1c(Cl)ccc(=NCC(F)(F)c2ccccn2)n1O. The first-order valence-electron chi connectivity index (χ1n) is 10.3. The maximum absolute atomic E-state index is 14.4. The normalized spacial score (nSPS) is 13.1. The second kappa shape index (κ2) is 10.9. The number of benzene rings is 1. The number of rotatable bonds is 8. The van der Waals surface area contributed by atoms with Gasteiger partial charge < -0.3 is 16.3 Å². The first-order valence-corrected chi connectivity index (χ1v) is 11.0. The Hall–Kier alpha value is -3.01. The summed E-state index contributed by atoms with van der Waals surface area (Å²) in [6, 6.07) is 11.8. The molecule has 3 aromatic rings. The maximum atomic E-state index is 14.4. The Labute approximate surface area is 204 Å². The molecule has 1 atom stereocenters. The van der Waals surface area contributed by atoms with E-state index in [2.05, 4.69) is 15.3 Å². The van der Waals surface area contributed by atoms with Gasteiger partial charge >= 0.3 is 5.92 Å². The van der Waals surface area contributed by atoms with Crippen molar-refractivity contribution in [2.45, 2.75) is 31.9 Å². The summed E-state index contributed by atoms with van der Waals surface area (Å²) >= 11 is 12.2. The van der Waals surface area contributed by atoms with E-state index < -0.39 is 24.1 Å². The molecule has 0 radical (unpaired) electrons. The third-order valence-corrected chi connectivity index (χ3v) is 5.59. The standard InChI is InChI=1S/C23H23Cl2F2N5O2/c1-14(28)17-6-5-16(24)10-15(17)12-30-22(33)11-19-18(25)7-8-21(32(19)34)31-13-23(26,27)20-4-2-3-9-29-20/h2-10,14,34H,11-13,28H2,1H3,(H,30,33)/t14-/m0/s1. The highest BCUT2D eigenvalue weighted by atomic mass is 35.5. The molecule has 0 aliphatic rings. The molecular formula is C23H23Cl2F2N5O2. The van der Waals surface area contributed by atoms with Crippen molar-refractivity contribution in [1.82, 2.24) is 15.0 Å². The fraction of sp³-hybridized carbons (Fsp3) is 0.261. The zero-order valence-corrected chi connectivity index (χ0v) is 19.7. The van der Waals surface area contributed by atoms with Gasteiger partial charge in [-0.2, -0.15) is 13.5 Å². The average Bonchev–Trinajstić information content (AvgIpc) is 2.80. The molecule has 0 unspecified atom stereocenters. The van der Waals surface area contributed by atoms with Crippen LogP contribution in [0.25, 0.3) is 0 Å². The molecule has 0 saturated carbocycles. The summed E-state index contributed by atoms with van der Waals surface area (Å²) in [5, 5.41) is 13.8. The van der Waals surface area contributed by atoms with E-state index >= 15 is 0 Å². The van der Waals surface area contributed by atoms with Gasteiger partial charge in [-0.3, -0.25) is 14.8 Å². The molecule has 3 rings (SSSR count). The number of nitrogens with zero attached hydrogens (tertiary/aromatic N) is 3. The maximum Gasteiger partial charge on any atom is 0.308 e. The molecule has 0 aliphatic heterocycles. The number of aromatic nitrogens is 2. The van der Waals surface area contributed by atoms with Crippen molar-refractivity contribution in [3.63, 3.8) is 0 Å². The summed E-state index contributed by atoms with van der Waals surface area (Å²) in [7, 11) is 0. The molecule has 2 aromatic heterocycles. The van der Waals surface area contributed by atoms with Gasteiger partial charge in [0.2, 0.25) is 5.91 Å². The van der Waals surface area contributed by atoms with Gasteiger partial charge in [0.25, 0.3) is 0 Å². The number of hydrogen-bond acceptors (Lipinski definition) is 5. The molecule has 0 bridgehead atoms. The lowest BCUT2D eigenvalue weighted by atomic mass is 10.0. The molecular weight excluding hydrogens is 487 g/mol. The highest BCUT2D eigenvalue weighted by molar-refractivity contribution is 6.31. The van der Waals surface area contributed by atoms with Crippen LogP contribution in [0, 0.1) is 0 Å². The first-order chi connectivity index (χ1) is 16.1. The Kier molecular flexibility index (Phi) is 8.24.